The number of nitrogens with one attached hydrogen (secondary N) is 2. The van der Waals surface area contributed by atoms with Crippen molar-refractivity contribution < 1.29 is 9.18 Å². The Balaban J connectivity index is 1.76. The summed E-state index contributed by atoms with van der Waals surface area (Å²) in [4.78, 5) is 20.3. The fraction of sp³-hybridized carbons (Fsp3) is 0. The molecule has 5 nitrogen and oxygen atoms in total. The van der Waals surface area contributed by atoms with E-state index in [1.54, 1.807) is 24.3 Å². The van der Waals surface area contributed by atoms with E-state index in [1.165, 1.54) is 30.6 Å². The number of hydrogen-bond acceptors (Lipinski definition) is 4. The Kier molecular flexibility index (Phi) is 5.11. The van der Waals surface area contributed by atoms with Crippen LogP contribution in [0.1, 0.15) is 10.5 Å². The summed E-state index contributed by atoms with van der Waals surface area (Å²) in [6.45, 7) is 0. The van der Waals surface area contributed by atoms with E-state index in [1.807, 2.05) is 0 Å². The number of carbonyl (C=O) groups is 1. The predicted molar refractivity (Wildman–Crippen MR) is 96.1 cm³/mol. The molecule has 8 heteroatoms. The van der Waals surface area contributed by atoms with Crippen molar-refractivity contribution in [2.24, 2.45) is 0 Å². The smallest absolute Gasteiger partial charge is 0.274 e. The van der Waals surface area contributed by atoms with Gasteiger partial charge in [-0.15, -0.1) is 0 Å². The largest absolute Gasteiger partial charge is 0.340 e. The summed E-state index contributed by atoms with van der Waals surface area (Å²) in [5.41, 5.74) is 1.13. The van der Waals surface area contributed by atoms with E-state index in [2.05, 4.69) is 20.6 Å². The molecule has 3 aromatic rings. The molecule has 0 radical (unpaired) electrons. The van der Waals surface area contributed by atoms with Crippen LogP contribution in [0, 0.1) is 5.82 Å². The Labute approximate surface area is 152 Å². The summed E-state index contributed by atoms with van der Waals surface area (Å²) in [5.74, 6) is -0.459. The summed E-state index contributed by atoms with van der Waals surface area (Å²) < 4.78 is 13.2. The number of carbonyl (C=O) groups excluding carboxylic acids is 1. The highest BCUT2D eigenvalue weighted by Crippen LogP contribution is 2.25. The van der Waals surface area contributed by atoms with Crippen LogP contribution in [0.5, 0.6) is 0 Å². The minimum atomic E-state index is -0.442. The molecule has 0 saturated heterocycles. The van der Waals surface area contributed by atoms with Gasteiger partial charge in [0.1, 0.15) is 23.7 Å². The first kappa shape index (κ1) is 17.1. The van der Waals surface area contributed by atoms with Crippen LogP contribution < -0.4 is 10.6 Å². The molecule has 1 amide bonds. The van der Waals surface area contributed by atoms with Crippen molar-refractivity contribution in [3.63, 3.8) is 0 Å². The third kappa shape index (κ3) is 4.43. The molecule has 0 aliphatic rings. The van der Waals surface area contributed by atoms with Crippen molar-refractivity contribution in [2.45, 2.75) is 0 Å². The van der Waals surface area contributed by atoms with Crippen molar-refractivity contribution in [1.29, 1.82) is 0 Å². The lowest BCUT2D eigenvalue weighted by molar-refractivity contribution is 0.102. The van der Waals surface area contributed by atoms with Gasteiger partial charge in [0.25, 0.3) is 5.91 Å². The van der Waals surface area contributed by atoms with Gasteiger partial charge < -0.3 is 10.6 Å². The molecule has 2 N–H and O–H groups in total. The highest BCUT2D eigenvalue weighted by atomic mass is 35.5. The molecule has 0 bridgehead atoms. The molecular weight excluding hydrogens is 366 g/mol. The average Bonchev–Trinajstić information content (AvgIpc) is 2.58. The maximum atomic E-state index is 13.2. The first-order valence-electron chi connectivity index (χ1n) is 7.12. The standard InChI is InChI=1S/C17H11Cl2FN4O/c18-13-5-4-12(7-14(13)19)24-17(25)15-8-16(22-9-21-15)23-11-3-1-2-10(20)6-11/h1-9H,(H,24,25)(H,21,22,23). The monoisotopic (exact) mass is 376 g/mol. The number of aromatic nitrogens is 2. The third-order valence-corrected chi connectivity index (χ3v) is 3.91. The second-order valence-electron chi connectivity index (χ2n) is 5.01. The molecule has 1 heterocycles. The molecule has 126 valence electrons. The van der Waals surface area contributed by atoms with Crippen molar-refractivity contribution in [1.82, 2.24) is 9.97 Å². The second-order valence-corrected chi connectivity index (χ2v) is 5.82. The average molecular weight is 377 g/mol. The normalized spacial score (nSPS) is 10.4. The Morgan fingerprint density at radius 2 is 1.80 bits per heavy atom. The first-order valence-corrected chi connectivity index (χ1v) is 7.88. The van der Waals surface area contributed by atoms with E-state index in [4.69, 9.17) is 23.2 Å². The van der Waals surface area contributed by atoms with E-state index < -0.39 is 5.91 Å². The highest BCUT2D eigenvalue weighted by molar-refractivity contribution is 6.42. The van der Waals surface area contributed by atoms with E-state index in [9.17, 15) is 9.18 Å². The molecule has 0 atom stereocenters. The van der Waals surface area contributed by atoms with Crippen molar-refractivity contribution in [2.75, 3.05) is 10.6 Å². The lowest BCUT2D eigenvalue weighted by Gasteiger charge is -2.08. The van der Waals surface area contributed by atoms with Crippen LogP contribution >= 0.6 is 23.2 Å². The molecule has 0 fully saturated rings. The fourth-order valence-electron chi connectivity index (χ4n) is 2.03. The topological polar surface area (TPSA) is 66.9 Å². The first-order chi connectivity index (χ1) is 12.0. The molecule has 0 aliphatic carbocycles. The van der Waals surface area contributed by atoms with E-state index >= 15 is 0 Å². The van der Waals surface area contributed by atoms with Crippen molar-refractivity contribution in [3.8, 4) is 0 Å². The maximum absolute atomic E-state index is 13.2. The molecule has 25 heavy (non-hydrogen) atoms. The summed E-state index contributed by atoms with van der Waals surface area (Å²) in [5, 5.41) is 6.30. The molecule has 3 rings (SSSR count). The molecule has 1 aromatic heterocycles. The fourth-order valence-corrected chi connectivity index (χ4v) is 2.33. The van der Waals surface area contributed by atoms with Gasteiger partial charge >= 0.3 is 0 Å². The van der Waals surface area contributed by atoms with Gasteiger partial charge in [-0.3, -0.25) is 4.79 Å². The minimum absolute atomic E-state index is 0.139. The summed E-state index contributed by atoms with van der Waals surface area (Å²) in [7, 11) is 0. The number of nitrogens with zero attached hydrogens (tertiary/aromatic N) is 2. The lowest BCUT2D eigenvalue weighted by Crippen LogP contribution is -2.14. The second kappa shape index (κ2) is 7.46. The molecule has 2 aromatic carbocycles. The maximum Gasteiger partial charge on any atom is 0.274 e. The lowest BCUT2D eigenvalue weighted by atomic mass is 10.3. The number of amides is 1. The quantitative estimate of drug-likeness (QED) is 0.678. The molecule has 0 unspecified atom stereocenters. The van der Waals surface area contributed by atoms with Crippen LogP contribution in [-0.2, 0) is 0 Å². The number of hydrogen-bond donors (Lipinski definition) is 2. The van der Waals surface area contributed by atoms with Crippen molar-refractivity contribution in [3.05, 3.63) is 76.4 Å². The molecule has 0 saturated carbocycles. The number of halogens is 3. The predicted octanol–water partition coefficient (Wildman–Crippen LogP) is 4.92. The third-order valence-electron chi connectivity index (χ3n) is 3.17. The summed E-state index contributed by atoms with van der Waals surface area (Å²) in [6, 6.07) is 12.1. The van der Waals surface area contributed by atoms with Crippen molar-refractivity contribution >= 4 is 46.3 Å². The van der Waals surface area contributed by atoms with Gasteiger partial charge in [0, 0.05) is 17.4 Å². The zero-order valence-corrected chi connectivity index (χ0v) is 14.1. The van der Waals surface area contributed by atoms with Gasteiger partial charge in [0.15, 0.2) is 0 Å². The van der Waals surface area contributed by atoms with Crippen LogP contribution in [0.15, 0.2) is 54.9 Å². The van der Waals surface area contributed by atoms with E-state index in [0.717, 1.165) is 0 Å². The Morgan fingerprint density at radius 1 is 0.960 bits per heavy atom. The Hall–Kier alpha value is -2.70. The van der Waals surface area contributed by atoms with Gasteiger partial charge in [0.05, 0.1) is 10.0 Å². The van der Waals surface area contributed by atoms with Crippen LogP contribution in [-0.4, -0.2) is 15.9 Å². The van der Waals surface area contributed by atoms with E-state index in [0.29, 0.717) is 27.2 Å². The van der Waals surface area contributed by atoms with Crippen LogP contribution in [0.3, 0.4) is 0 Å². The summed E-state index contributed by atoms with van der Waals surface area (Å²) in [6.07, 6.45) is 1.24. The SMILES string of the molecule is O=C(Nc1ccc(Cl)c(Cl)c1)c1cc(Nc2cccc(F)c2)ncn1. The minimum Gasteiger partial charge on any atom is -0.340 e. The van der Waals surface area contributed by atoms with Gasteiger partial charge in [-0.05, 0) is 36.4 Å². The number of anilines is 3. The molecule has 0 aliphatic heterocycles. The van der Waals surface area contributed by atoms with Gasteiger partial charge in [0.2, 0.25) is 0 Å². The van der Waals surface area contributed by atoms with Gasteiger partial charge in [-0.1, -0.05) is 29.3 Å². The molecule has 0 spiro atoms. The van der Waals surface area contributed by atoms with Gasteiger partial charge in [-0.25, -0.2) is 14.4 Å². The Morgan fingerprint density at radius 3 is 2.56 bits per heavy atom. The van der Waals surface area contributed by atoms with Gasteiger partial charge in [-0.2, -0.15) is 0 Å². The van der Waals surface area contributed by atoms with Crippen LogP contribution in [0.25, 0.3) is 0 Å². The number of benzene rings is 2. The Bertz CT molecular complexity index is 936. The zero-order valence-electron chi connectivity index (χ0n) is 12.6. The van der Waals surface area contributed by atoms with Crippen LogP contribution in [0.4, 0.5) is 21.6 Å². The van der Waals surface area contributed by atoms with E-state index in [-0.39, 0.29) is 11.5 Å². The zero-order chi connectivity index (χ0) is 17.8. The summed E-state index contributed by atoms with van der Waals surface area (Å²) >= 11 is 11.8. The highest BCUT2D eigenvalue weighted by Gasteiger charge is 2.10. The number of rotatable bonds is 4. The van der Waals surface area contributed by atoms with Crippen LogP contribution in [0.2, 0.25) is 10.0 Å². The molecular formula is C17H11Cl2FN4O.